The van der Waals surface area contributed by atoms with Crippen molar-refractivity contribution in [2.45, 2.75) is 52.5 Å². The van der Waals surface area contributed by atoms with Gasteiger partial charge in [0.25, 0.3) is 0 Å². The first-order chi connectivity index (χ1) is 9.57. The lowest BCUT2D eigenvalue weighted by Gasteiger charge is -2.36. The van der Waals surface area contributed by atoms with Gasteiger partial charge in [-0.2, -0.15) is 0 Å². The van der Waals surface area contributed by atoms with Crippen molar-refractivity contribution < 1.29 is 9.21 Å². The molecule has 2 rings (SSSR count). The smallest absolute Gasteiger partial charge is 0.228 e. The van der Waals surface area contributed by atoms with E-state index in [2.05, 4.69) is 22.5 Å². The molecule has 0 spiro atoms. The molecular weight excluding hydrogens is 254 g/mol. The maximum absolute atomic E-state index is 12.7. The first-order valence-corrected chi connectivity index (χ1v) is 7.51. The van der Waals surface area contributed by atoms with E-state index in [9.17, 15) is 4.79 Å². The van der Waals surface area contributed by atoms with Gasteiger partial charge in [0.05, 0.1) is 11.6 Å². The van der Waals surface area contributed by atoms with Crippen LogP contribution in [0, 0.1) is 12.3 Å². The molecule has 2 atom stereocenters. The maximum Gasteiger partial charge on any atom is 0.228 e. The highest BCUT2D eigenvalue weighted by atomic mass is 16.4. The molecule has 1 aromatic heterocycles. The number of oxazole rings is 1. The zero-order valence-electron chi connectivity index (χ0n) is 12.7. The van der Waals surface area contributed by atoms with Crippen LogP contribution in [0.15, 0.2) is 10.6 Å². The third kappa shape index (κ3) is 3.20. The van der Waals surface area contributed by atoms with E-state index in [1.165, 1.54) is 0 Å². The Morgan fingerprint density at radius 2 is 2.45 bits per heavy atom. The highest BCUT2D eigenvalue weighted by Crippen LogP contribution is 2.32. The summed E-state index contributed by atoms with van der Waals surface area (Å²) >= 11 is 0. The maximum atomic E-state index is 12.7. The second kappa shape index (κ2) is 6.39. The molecule has 0 bridgehead atoms. The van der Waals surface area contributed by atoms with Gasteiger partial charge in [-0.1, -0.05) is 13.3 Å². The number of piperidine rings is 1. The lowest BCUT2D eigenvalue weighted by molar-refractivity contribution is -0.133. The van der Waals surface area contributed by atoms with E-state index in [-0.39, 0.29) is 17.4 Å². The van der Waals surface area contributed by atoms with Crippen LogP contribution in [0.3, 0.4) is 0 Å². The number of amides is 1. The molecule has 2 N–H and O–H groups in total. The molecular formula is C15H25N3O2. The number of hydrogen-bond acceptors (Lipinski definition) is 4. The summed E-state index contributed by atoms with van der Waals surface area (Å²) in [5.74, 6) is 1.46. The quantitative estimate of drug-likeness (QED) is 0.868. The minimum Gasteiger partial charge on any atom is -0.444 e. The van der Waals surface area contributed by atoms with Crippen LogP contribution < -0.4 is 10.6 Å². The predicted molar refractivity (Wildman–Crippen MR) is 77.2 cm³/mol. The van der Waals surface area contributed by atoms with Crippen LogP contribution >= 0.6 is 0 Å². The summed E-state index contributed by atoms with van der Waals surface area (Å²) < 4.78 is 5.48. The van der Waals surface area contributed by atoms with Crippen molar-refractivity contribution in [3.63, 3.8) is 0 Å². The van der Waals surface area contributed by atoms with Crippen molar-refractivity contribution in [2.75, 3.05) is 13.1 Å². The lowest BCUT2D eigenvalue weighted by atomic mass is 9.76. The largest absolute Gasteiger partial charge is 0.444 e. The molecule has 2 unspecified atom stereocenters. The molecule has 1 aromatic rings. The van der Waals surface area contributed by atoms with Crippen LogP contribution in [0.2, 0.25) is 0 Å². The van der Waals surface area contributed by atoms with E-state index < -0.39 is 0 Å². The van der Waals surface area contributed by atoms with Crippen molar-refractivity contribution >= 4 is 5.91 Å². The monoisotopic (exact) mass is 279 g/mol. The van der Waals surface area contributed by atoms with Crippen LogP contribution in [-0.4, -0.2) is 24.0 Å². The highest BCUT2D eigenvalue weighted by molar-refractivity contribution is 5.83. The average Bonchev–Trinajstić information content (AvgIpc) is 2.87. The third-order valence-electron chi connectivity index (χ3n) is 4.04. The van der Waals surface area contributed by atoms with E-state index in [0.29, 0.717) is 5.89 Å². The highest BCUT2D eigenvalue weighted by Gasteiger charge is 2.39. The van der Waals surface area contributed by atoms with Gasteiger partial charge in [-0.05, 0) is 39.7 Å². The predicted octanol–water partition coefficient (Wildman–Crippen LogP) is 2.33. The minimum absolute atomic E-state index is 0.120. The fourth-order valence-electron chi connectivity index (χ4n) is 2.95. The molecule has 1 amide bonds. The summed E-state index contributed by atoms with van der Waals surface area (Å²) in [6.07, 6.45) is 5.63. The molecule has 20 heavy (non-hydrogen) atoms. The van der Waals surface area contributed by atoms with Gasteiger partial charge in [-0.15, -0.1) is 0 Å². The van der Waals surface area contributed by atoms with Crippen LogP contribution in [0.4, 0.5) is 0 Å². The minimum atomic E-state index is -0.275. The lowest BCUT2D eigenvalue weighted by Crippen LogP contribution is -2.50. The van der Waals surface area contributed by atoms with Crippen molar-refractivity contribution in [3.05, 3.63) is 17.8 Å². The molecule has 1 fully saturated rings. The molecule has 5 heteroatoms. The normalized spacial score (nSPS) is 24.4. The van der Waals surface area contributed by atoms with Crippen LogP contribution in [0.25, 0.3) is 0 Å². The van der Waals surface area contributed by atoms with E-state index in [1.54, 1.807) is 6.20 Å². The summed E-state index contributed by atoms with van der Waals surface area (Å²) in [6, 6.07) is -0.188. The number of nitrogens with zero attached hydrogens (tertiary/aromatic N) is 1. The Morgan fingerprint density at radius 3 is 3.00 bits per heavy atom. The van der Waals surface area contributed by atoms with Gasteiger partial charge in [0.15, 0.2) is 0 Å². The number of carbonyl (C=O) groups excluding carboxylic acids is 1. The van der Waals surface area contributed by atoms with Gasteiger partial charge < -0.3 is 15.1 Å². The van der Waals surface area contributed by atoms with Crippen LogP contribution in [0.1, 0.15) is 57.2 Å². The zero-order chi connectivity index (χ0) is 14.6. The van der Waals surface area contributed by atoms with E-state index in [1.807, 2.05) is 13.8 Å². The molecule has 0 saturated carbocycles. The molecule has 0 aliphatic carbocycles. The molecule has 1 saturated heterocycles. The Morgan fingerprint density at radius 1 is 1.65 bits per heavy atom. The molecule has 1 aliphatic rings. The Hall–Kier alpha value is -1.36. The molecule has 5 nitrogen and oxygen atoms in total. The number of nitrogens with one attached hydrogen (secondary N) is 2. The van der Waals surface area contributed by atoms with Gasteiger partial charge in [0.1, 0.15) is 11.8 Å². The molecule has 1 aliphatic heterocycles. The van der Waals surface area contributed by atoms with Crippen LogP contribution in [0.5, 0.6) is 0 Å². The Balaban J connectivity index is 2.04. The van der Waals surface area contributed by atoms with Crippen LogP contribution in [-0.2, 0) is 4.79 Å². The van der Waals surface area contributed by atoms with Crippen molar-refractivity contribution in [3.8, 4) is 0 Å². The van der Waals surface area contributed by atoms with Gasteiger partial charge in [0, 0.05) is 6.54 Å². The number of carbonyl (C=O) groups is 1. The first-order valence-electron chi connectivity index (χ1n) is 7.51. The molecule has 0 radical (unpaired) electrons. The van der Waals surface area contributed by atoms with Crippen molar-refractivity contribution in [2.24, 2.45) is 5.41 Å². The summed E-state index contributed by atoms with van der Waals surface area (Å²) in [4.78, 5) is 16.9. The Labute approximate surface area is 120 Å². The molecule has 0 aromatic carbocycles. The second-order valence-corrected chi connectivity index (χ2v) is 5.81. The first kappa shape index (κ1) is 15.0. The van der Waals surface area contributed by atoms with E-state index in [4.69, 9.17) is 4.42 Å². The Kier molecular flexibility index (Phi) is 4.81. The summed E-state index contributed by atoms with van der Waals surface area (Å²) in [5.41, 5.74) is -0.275. The van der Waals surface area contributed by atoms with E-state index in [0.717, 1.165) is 44.5 Å². The SMILES string of the molecule is CCCC1(C(=O)NC(C)c2ncc(C)o2)CCCNC1. The van der Waals surface area contributed by atoms with Gasteiger partial charge in [-0.25, -0.2) is 4.98 Å². The number of aromatic nitrogens is 1. The molecule has 2 heterocycles. The number of hydrogen-bond donors (Lipinski definition) is 2. The number of aryl methyl sites for hydroxylation is 1. The number of rotatable bonds is 5. The third-order valence-corrected chi connectivity index (χ3v) is 4.04. The standard InChI is InChI=1S/C15H25N3O2/c1-4-6-15(7-5-8-16-10-15)14(19)18-12(3)13-17-9-11(2)20-13/h9,12,16H,4-8,10H2,1-3H3,(H,18,19). The molecule has 112 valence electrons. The van der Waals surface area contributed by atoms with Crippen molar-refractivity contribution in [1.29, 1.82) is 0 Å². The summed E-state index contributed by atoms with van der Waals surface area (Å²) in [7, 11) is 0. The fourth-order valence-corrected chi connectivity index (χ4v) is 2.95. The second-order valence-electron chi connectivity index (χ2n) is 5.81. The zero-order valence-corrected chi connectivity index (χ0v) is 12.7. The summed E-state index contributed by atoms with van der Waals surface area (Å²) in [6.45, 7) is 7.68. The topological polar surface area (TPSA) is 67.2 Å². The van der Waals surface area contributed by atoms with E-state index >= 15 is 0 Å². The summed E-state index contributed by atoms with van der Waals surface area (Å²) in [5, 5.41) is 6.43. The average molecular weight is 279 g/mol. The van der Waals surface area contributed by atoms with Gasteiger partial charge >= 0.3 is 0 Å². The fraction of sp³-hybridized carbons (Fsp3) is 0.733. The van der Waals surface area contributed by atoms with Gasteiger partial charge in [0.2, 0.25) is 11.8 Å². The Bertz CT molecular complexity index is 444. The van der Waals surface area contributed by atoms with Crippen molar-refractivity contribution in [1.82, 2.24) is 15.6 Å². The van der Waals surface area contributed by atoms with Gasteiger partial charge in [-0.3, -0.25) is 4.79 Å².